The van der Waals surface area contributed by atoms with Crippen molar-refractivity contribution in [1.29, 1.82) is 0 Å². The van der Waals surface area contributed by atoms with E-state index >= 15 is 8.78 Å². The van der Waals surface area contributed by atoms with E-state index in [2.05, 4.69) is 35.8 Å². The predicted molar refractivity (Wildman–Crippen MR) is 170 cm³/mol. The van der Waals surface area contributed by atoms with Gasteiger partial charge in [0.2, 0.25) is 0 Å². The second kappa shape index (κ2) is 13.1. The summed E-state index contributed by atoms with van der Waals surface area (Å²) in [6.07, 6.45) is 18.0. The van der Waals surface area contributed by atoms with Gasteiger partial charge in [-0.15, -0.1) is 11.8 Å². The van der Waals surface area contributed by atoms with Crippen LogP contribution in [0.3, 0.4) is 0 Å². The molecule has 1 aromatic rings. The summed E-state index contributed by atoms with van der Waals surface area (Å²) < 4.78 is 35.7. The number of aliphatic hydroxyl groups excluding tert-OH is 2. The molecule has 0 spiro atoms. The summed E-state index contributed by atoms with van der Waals surface area (Å²) in [4.78, 5) is 0.987. The highest BCUT2D eigenvalue weighted by molar-refractivity contribution is 8.03. The number of allylic oxidation sites excluding steroid dienone is 3. The second-order valence-corrected chi connectivity index (χ2v) is 14.7. The lowest BCUT2D eigenvalue weighted by Crippen LogP contribution is -2.54. The van der Waals surface area contributed by atoms with E-state index in [-0.39, 0.29) is 22.9 Å². The van der Waals surface area contributed by atoms with Crippen LogP contribution in [0, 0.1) is 17.3 Å². The van der Waals surface area contributed by atoms with Crippen LogP contribution in [0.2, 0.25) is 0 Å². The van der Waals surface area contributed by atoms with E-state index in [1.165, 1.54) is 25.7 Å². The van der Waals surface area contributed by atoms with Crippen LogP contribution < -0.4 is 15.4 Å². The van der Waals surface area contributed by atoms with Crippen molar-refractivity contribution in [2.45, 2.75) is 94.1 Å². The number of hydrogen-bond donors (Lipinski definition) is 4. The quantitative estimate of drug-likeness (QED) is 0.153. The van der Waals surface area contributed by atoms with E-state index in [9.17, 15) is 10.2 Å². The SMILES string of the molecule is CC12C=CC3CC3NC1C(O)=CCC2C(O)CNCCc1ccc(OCC(F)(F)C2=CC(SC3CCCC3)=CCC2)cc1. The number of aliphatic hydroxyl groups is 2. The van der Waals surface area contributed by atoms with Gasteiger partial charge in [-0.25, -0.2) is 0 Å². The molecule has 5 nitrogen and oxygen atoms in total. The molecule has 43 heavy (non-hydrogen) atoms. The van der Waals surface area contributed by atoms with Gasteiger partial charge in [0.05, 0.1) is 12.1 Å². The second-order valence-electron chi connectivity index (χ2n) is 13.3. The fraction of sp³-hybridized carbons (Fsp3) is 0.600. The molecule has 0 bridgehead atoms. The maximum absolute atomic E-state index is 15.1. The molecule has 0 radical (unpaired) electrons. The molecule has 2 fully saturated rings. The zero-order valence-electron chi connectivity index (χ0n) is 25.1. The highest BCUT2D eigenvalue weighted by atomic mass is 32.2. The Labute approximate surface area is 258 Å². The van der Waals surface area contributed by atoms with Gasteiger partial charge in [-0.3, -0.25) is 0 Å². The molecule has 4 aliphatic carbocycles. The average molecular weight is 613 g/mol. The Balaban J connectivity index is 0.945. The lowest BCUT2D eigenvalue weighted by molar-refractivity contribution is -0.00897. The molecule has 1 aliphatic heterocycles. The summed E-state index contributed by atoms with van der Waals surface area (Å²) in [5, 5.41) is 29.3. The van der Waals surface area contributed by atoms with Crippen LogP contribution >= 0.6 is 11.8 Å². The number of nitrogens with one attached hydrogen (secondary N) is 2. The first-order valence-electron chi connectivity index (χ1n) is 16.1. The van der Waals surface area contributed by atoms with Crippen molar-refractivity contribution in [1.82, 2.24) is 10.6 Å². The maximum atomic E-state index is 15.1. The molecular weight excluding hydrogens is 566 g/mol. The Bertz CT molecular complexity index is 1260. The third kappa shape index (κ3) is 7.24. The number of ether oxygens (including phenoxy) is 1. The topological polar surface area (TPSA) is 73.8 Å². The highest BCUT2D eigenvalue weighted by Gasteiger charge is 2.51. The summed E-state index contributed by atoms with van der Waals surface area (Å²) in [7, 11) is 0. The van der Waals surface area contributed by atoms with E-state index in [1.807, 2.05) is 18.2 Å². The van der Waals surface area contributed by atoms with Gasteiger partial charge in [0.25, 0.3) is 0 Å². The standard InChI is InChI=1S/C35H46F2N2O3S/c1-34-17-15-24-19-30(24)39-33(34)31(40)14-13-29(34)32(41)21-38-18-16-23-9-11-26(12-10-23)42-22-35(36,37)25-5-4-8-28(20-25)43-27-6-2-3-7-27/h8-12,14-15,17,20,24,27,29-30,32-33,38-41H,2-7,13,16,18-19,21-22H2,1H3. The van der Waals surface area contributed by atoms with Crippen LogP contribution in [-0.2, 0) is 6.42 Å². The predicted octanol–water partition coefficient (Wildman–Crippen LogP) is 6.86. The van der Waals surface area contributed by atoms with Crippen LogP contribution in [0.4, 0.5) is 8.78 Å². The Kier molecular flexibility index (Phi) is 9.39. The van der Waals surface area contributed by atoms with Gasteiger partial charge in [0.1, 0.15) is 11.5 Å². The Morgan fingerprint density at radius 2 is 1.98 bits per heavy atom. The van der Waals surface area contributed by atoms with Crippen LogP contribution in [0.25, 0.3) is 0 Å². The molecule has 5 aliphatic rings. The van der Waals surface area contributed by atoms with Crippen molar-refractivity contribution in [2.75, 3.05) is 19.7 Å². The molecule has 0 amide bonds. The molecule has 1 aromatic carbocycles. The molecule has 6 unspecified atom stereocenters. The van der Waals surface area contributed by atoms with E-state index < -0.39 is 18.6 Å². The van der Waals surface area contributed by atoms with Crippen molar-refractivity contribution in [3.05, 3.63) is 76.4 Å². The monoisotopic (exact) mass is 612 g/mol. The Morgan fingerprint density at radius 1 is 1.19 bits per heavy atom. The van der Waals surface area contributed by atoms with Crippen LogP contribution in [-0.4, -0.2) is 59.3 Å². The van der Waals surface area contributed by atoms with Gasteiger partial charge in [0.15, 0.2) is 6.61 Å². The first-order valence-corrected chi connectivity index (χ1v) is 17.0. The number of hydrogen-bond acceptors (Lipinski definition) is 6. The smallest absolute Gasteiger partial charge is 0.302 e. The molecule has 6 rings (SSSR count). The van der Waals surface area contributed by atoms with Crippen molar-refractivity contribution in [3.8, 4) is 5.75 Å². The summed E-state index contributed by atoms with van der Waals surface area (Å²) >= 11 is 1.76. The molecule has 0 aromatic heterocycles. The molecule has 0 saturated heterocycles. The number of alkyl halides is 2. The van der Waals surface area contributed by atoms with Gasteiger partial charge in [-0.05, 0) is 87.3 Å². The largest absolute Gasteiger partial charge is 0.511 e. The number of thioether (sulfide) groups is 1. The average Bonchev–Trinajstić information content (AvgIpc) is 3.59. The minimum Gasteiger partial charge on any atom is -0.511 e. The molecule has 234 valence electrons. The highest BCUT2D eigenvalue weighted by Crippen LogP contribution is 2.48. The van der Waals surface area contributed by atoms with E-state index in [0.717, 1.165) is 23.3 Å². The fourth-order valence-electron chi connectivity index (χ4n) is 7.26. The fourth-order valence-corrected chi connectivity index (χ4v) is 8.64. The molecule has 6 atom stereocenters. The van der Waals surface area contributed by atoms with E-state index in [0.29, 0.717) is 61.1 Å². The van der Waals surface area contributed by atoms with Crippen molar-refractivity contribution >= 4 is 11.8 Å². The zero-order valence-corrected chi connectivity index (χ0v) is 25.9. The van der Waals surface area contributed by atoms with E-state index in [4.69, 9.17) is 4.74 Å². The minimum atomic E-state index is -2.99. The zero-order chi connectivity index (χ0) is 30.0. The number of fused-ring (bicyclic) bond motifs is 2. The minimum absolute atomic E-state index is 0.00486. The van der Waals surface area contributed by atoms with Gasteiger partial charge in [-0.1, -0.05) is 50.1 Å². The summed E-state index contributed by atoms with van der Waals surface area (Å²) in [6.45, 7) is 2.63. The maximum Gasteiger partial charge on any atom is 0.302 e. The lowest BCUT2D eigenvalue weighted by Gasteiger charge is -2.46. The van der Waals surface area contributed by atoms with Gasteiger partial charge in [-0.2, -0.15) is 8.78 Å². The lowest BCUT2D eigenvalue weighted by atomic mass is 9.64. The summed E-state index contributed by atoms with van der Waals surface area (Å²) in [5.41, 5.74) is 0.900. The van der Waals surface area contributed by atoms with Gasteiger partial charge >= 0.3 is 5.92 Å². The summed E-state index contributed by atoms with van der Waals surface area (Å²) in [5.74, 6) is -1.64. The Hall–Kier alpha value is -2.13. The first kappa shape index (κ1) is 30.9. The number of benzene rings is 1. The van der Waals surface area contributed by atoms with Crippen LogP contribution in [0.5, 0.6) is 5.75 Å². The molecular formula is C35H46F2N2O3S. The summed E-state index contributed by atoms with van der Waals surface area (Å²) in [6, 6.07) is 7.61. The van der Waals surface area contributed by atoms with Crippen molar-refractivity contribution < 1.29 is 23.7 Å². The first-order chi connectivity index (χ1) is 20.7. The van der Waals surface area contributed by atoms with Crippen molar-refractivity contribution in [2.24, 2.45) is 17.3 Å². The third-order valence-corrected chi connectivity index (χ3v) is 11.5. The van der Waals surface area contributed by atoms with Crippen LogP contribution in [0.15, 0.2) is 70.9 Å². The van der Waals surface area contributed by atoms with Crippen molar-refractivity contribution in [3.63, 3.8) is 0 Å². The third-order valence-electron chi connectivity index (χ3n) is 10.1. The number of halogens is 2. The molecule has 8 heteroatoms. The van der Waals surface area contributed by atoms with Gasteiger partial charge in [0, 0.05) is 39.6 Å². The molecule has 4 N–H and O–H groups in total. The van der Waals surface area contributed by atoms with Crippen LogP contribution in [0.1, 0.15) is 63.9 Å². The molecule has 1 heterocycles. The van der Waals surface area contributed by atoms with Gasteiger partial charge < -0.3 is 25.6 Å². The number of rotatable bonds is 12. The Morgan fingerprint density at radius 3 is 2.77 bits per heavy atom. The molecule has 2 saturated carbocycles. The normalized spacial score (nSPS) is 31.3. The van der Waals surface area contributed by atoms with E-state index in [1.54, 1.807) is 30.0 Å².